The minimum atomic E-state index is -1.39. The summed E-state index contributed by atoms with van der Waals surface area (Å²) in [5.74, 6) is -4.65. The van der Waals surface area contributed by atoms with Crippen molar-refractivity contribution in [3.05, 3.63) is 0 Å². The summed E-state index contributed by atoms with van der Waals surface area (Å²) in [6, 6.07) is -3.33. The average Bonchev–Trinajstić information content (AvgIpc) is 3.26. The summed E-state index contributed by atoms with van der Waals surface area (Å²) < 4.78 is 34.4. The smallest absolute Gasteiger partial charge is 0.326 e. The standard InChI is InChI=1S/C37H66N4O14.C3H6FNOS.C2H6/c42-31(38-19-21-52-23-25-54-28-33(44)39-20-22-53-24-26-55-29-34(45)40-27-36(48)49)18-17-30(37(50)51)41-32(43)15-13-11-9-7-5-3-1-2-4-6-8-10-12-14-16-35(46)47;1-2(5-7)3(4)6;1-2/h30H,1-29H2,(H,38,42)(H,39,44)(H,40,45)(H,41,43)(H,46,47)(H,48,49)(H,50,51);2,5,7H,1H3;1-2H3/t30-;;/m0../s1. The van der Waals surface area contributed by atoms with Gasteiger partial charge in [-0.2, -0.15) is 4.39 Å². The van der Waals surface area contributed by atoms with Crippen LogP contribution in [0.25, 0.3) is 0 Å². The summed E-state index contributed by atoms with van der Waals surface area (Å²) in [5.41, 5.74) is 0. The Hall–Kier alpha value is -3.96. The fourth-order valence-corrected chi connectivity index (χ4v) is 5.29. The number of unbranched alkanes of at least 4 members (excludes halogenated alkanes) is 13. The van der Waals surface area contributed by atoms with Crippen LogP contribution in [0.5, 0.6) is 0 Å². The first-order chi connectivity index (χ1) is 30.7. The van der Waals surface area contributed by atoms with Crippen molar-refractivity contribution in [1.29, 1.82) is 0 Å². The van der Waals surface area contributed by atoms with Crippen molar-refractivity contribution in [3.63, 3.8) is 0 Å². The highest BCUT2D eigenvalue weighted by Gasteiger charge is 2.21. The first kappa shape index (κ1) is 64.3. The van der Waals surface area contributed by atoms with Crippen molar-refractivity contribution in [1.82, 2.24) is 26.0 Å². The molecule has 0 aromatic rings. The van der Waals surface area contributed by atoms with Crippen LogP contribution in [0.15, 0.2) is 0 Å². The number of carbonyl (C=O) groups excluding carboxylic acids is 5. The number of nitrogens with one attached hydrogen (secondary N) is 5. The molecule has 374 valence electrons. The monoisotopic (exact) mass is 944 g/mol. The third-order valence-electron chi connectivity index (χ3n) is 8.66. The summed E-state index contributed by atoms with van der Waals surface area (Å²) in [6.07, 6.45) is 15.4. The molecule has 0 spiro atoms. The molecule has 0 bridgehead atoms. The molecule has 0 saturated carbocycles. The van der Waals surface area contributed by atoms with Gasteiger partial charge in [0, 0.05) is 32.4 Å². The van der Waals surface area contributed by atoms with Gasteiger partial charge in [-0.15, -0.1) is 0 Å². The van der Waals surface area contributed by atoms with E-state index in [0.29, 0.717) is 6.42 Å². The molecule has 0 aromatic heterocycles. The van der Waals surface area contributed by atoms with E-state index in [4.69, 9.17) is 29.2 Å². The second-order valence-electron chi connectivity index (χ2n) is 14.2. The van der Waals surface area contributed by atoms with Gasteiger partial charge in [-0.1, -0.05) is 104 Å². The number of aliphatic carboxylic acids is 3. The van der Waals surface area contributed by atoms with Gasteiger partial charge in [-0.25, -0.2) is 4.79 Å². The Balaban J connectivity index is -0.00000373. The first-order valence-corrected chi connectivity index (χ1v) is 22.8. The summed E-state index contributed by atoms with van der Waals surface area (Å²) >= 11 is 3.44. The molecule has 0 aliphatic rings. The quantitative estimate of drug-likeness (QED) is 0.0240. The minimum absolute atomic E-state index is 0.0331. The van der Waals surface area contributed by atoms with Crippen LogP contribution < -0.4 is 26.0 Å². The van der Waals surface area contributed by atoms with Crippen molar-refractivity contribution in [3.8, 4) is 0 Å². The maximum atomic E-state index is 12.3. The molecule has 0 radical (unpaired) electrons. The van der Waals surface area contributed by atoms with E-state index in [1.807, 2.05) is 13.8 Å². The van der Waals surface area contributed by atoms with Crippen LogP contribution in [-0.2, 0) is 57.3 Å². The van der Waals surface area contributed by atoms with Crippen molar-refractivity contribution < 1.29 is 77.0 Å². The molecular weight excluding hydrogens is 866 g/mol. The van der Waals surface area contributed by atoms with E-state index < -0.39 is 48.5 Å². The summed E-state index contributed by atoms with van der Waals surface area (Å²) in [7, 11) is 0. The van der Waals surface area contributed by atoms with Crippen LogP contribution in [0.3, 0.4) is 0 Å². The summed E-state index contributed by atoms with van der Waals surface area (Å²) in [4.78, 5) is 89.5. The topological polar surface area (TPSA) is 294 Å². The molecule has 64 heavy (non-hydrogen) atoms. The number of amides is 4. The number of carboxylic acids is 3. The Morgan fingerprint density at radius 2 is 0.922 bits per heavy atom. The van der Waals surface area contributed by atoms with Gasteiger partial charge >= 0.3 is 23.9 Å². The van der Waals surface area contributed by atoms with Crippen molar-refractivity contribution in [2.75, 3.05) is 72.5 Å². The van der Waals surface area contributed by atoms with Crippen LogP contribution in [0.1, 0.15) is 136 Å². The Labute approximate surface area is 383 Å². The number of thiol groups is 1. The van der Waals surface area contributed by atoms with Gasteiger partial charge in [0.25, 0.3) is 0 Å². The van der Waals surface area contributed by atoms with Crippen molar-refractivity contribution in [2.24, 2.45) is 0 Å². The number of halogens is 1. The highest BCUT2D eigenvalue weighted by Crippen LogP contribution is 2.14. The molecule has 0 rings (SSSR count). The number of hydrogen-bond acceptors (Lipinski definition) is 14. The van der Waals surface area contributed by atoms with E-state index in [9.17, 15) is 47.9 Å². The number of hydrogen-bond donors (Lipinski definition) is 9. The van der Waals surface area contributed by atoms with Gasteiger partial charge < -0.3 is 55.5 Å². The maximum absolute atomic E-state index is 12.3. The molecule has 20 nitrogen and oxygen atoms in total. The lowest BCUT2D eigenvalue weighted by molar-refractivity contribution is -0.142. The molecule has 22 heteroatoms. The SMILES string of the molecule is CC.CC(NS)C(=O)F.O=C(O)CCCCCCCCCCCCCCCCC(=O)N[C@@H](CCC(=O)NCCOCCOCC(=O)NCCOCCOCC(=O)NCC(=O)O)C(=O)O. The van der Waals surface area contributed by atoms with Crippen LogP contribution in [0.2, 0.25) is 0 Å². The van der Waals surface area contributed by atoms with Gasteiger partial charge in [0.1, 0.15) is 31.8 Å². The second-order valence-corrected chi connectivity index (χ2v) is 14.5. The average molecular weight is 944 g/mol. The normalized spacial score (nSPS) is 11.4. The van der Waals surface area contributed by atoms with Gasteiger partial charge in [0.2, 0.25) is 23.6 Å². The molecule has 8 N–H and O–H groups in total. The fraction of sp³-hybridized carbons (Fsp3) is 0.810. The van der Waals surface area contributed by atoms with Gasteiger partial charge in [-0.05, 0) is 26.2 Å². The zero-order chi connectivity index (χ0) is 48.6. The number of carbonyl (C=O) groups is 8. The maximum Gasteiger partial charge on any atom is 0.326 e. The molecule has 0 heterocycles. The predicted molar refractivity (Wildman–Crippen MR) is 239 cm³/mol. The lowest BCUT2D eigenvalue weighted by Gasteiger charge is -2.14. The fourth-order valence-electron chi connectivity index (χ4n) is 5.19. The predicted octanol–water partition coefficient (Wildman–Crippen LogP) is 3.49. The number of rotatable bonds is 42. The summed E-state index contributed by atoms with van der Waals surface area (Å²) in [6.45, 7) is 5.93. The van der Waals surface area contributed by atoms with E-state index in [0.717, 1.165) is 44.9 Å². The van der Waals surface area contributed by atoms with E-state index in [1.165, 1.54) is 45.4 Å². The Bertz CT molecular complexity index is 1260. The van der Waals surface area contributed by atoms with Crippen molar-refractivity contribution in [2.45, 2.75) is 148 Å². The molecule has 4 amide bonds. The van der Waals surface area contributed by atoms with E-state index in [1.54, 1.807) is 0 Å². The lowest BCUT2D eigenvalue weighted by Crippen LogP contribution is -2.41. The molecule has 0 fully saturated rings. The molecule has 1 unspecified atom stereocenters. The molecule has 0 aromatic carbocycles. The molecule has 0 saturated heterocycles. The van der Waals surface area contributed by atoms with Gasteiger partial charge in [0.15, 0.2) is 0 Å². The Kier molecular flexibility index (Phi) is 48.7. The molecule has 0 aliphatic heterocycles. The largest absolute Gasteiger partial charge is 0.481 e. The van der Waals surface area contributed by atoms with Crippen LogP contribution in [0.4, 0.5) is 4.39 Å². The van der Waals surface area contributed by atoms with E-state index in [-0.39, 0.29) is 109 Å². The Morgan fingerprint density at radius 1 is 0.516 bits per heavy atom. The Morgan fingerprint density at radius 3 is 1.31 bits per heavy atom. The summed E-state index contributed by atoms with van der Waals surface area (Å²) in [5, 5.41) is 36.5. The molecule has 0 aliphatic carbocycles. The molecular formula is C42H78FN5O15S. The third kappa shape index (κ3) is 50.7. The highest BCUT2D eigenvalue weighted by atomic mass is 32.1. The third-order valence-corrected chi connectivity index (χ3v) is 9.04. The zero-order valence-corrected chi connectivity index (χ0v) is 39.1. The lowest BCUT2D eigenvalue weighted by atomic mass is 10.0. The molecule has 2 atom stereocenters. The highest BCUT2D eigenvalue weighted by molar-refractivity contribution is 7.78. The van der Waals surface area contributed by atoms with Gasteiger partial charge in [-0.3, -0.25) is 38.3 Å². The minimum Gasteiger partial charge on any atom is -0.481 e. The van der Waals surface area contributed by atoms with E-state index >= 15 is 0 Å². The number of ether oxygens (including phenoxy) is 4. The zero-order valence-electron chi connectivity index (χ0n) is 38.2. The number of carboxylic acid groups (broad SMARTS) is 3. The van der Waals surface area contributed by atoms with Crippen molar-refractivity contribution >= 4 is 60.4 Å². The van der Waals surface area contributed by atoms with Crippen LogP contribution in [-0.4, -0.2) is 147 Å². The van der Waals surface area contributed by atoms with Crippen LogP contribution >= 0.6 is 12.8 Å². The van der Waals surface area contributed by atoms with Gasteiger partial charge in [0.05, 0.1) is 39.6 Å². The first-order valence-electron chi connectivity index (χ1n) is 22.3. The van der Waals surface area contributed by atoms with Crippen LogP contribution in [0, 0.1) is 0 Å². The van der Waals surface area contributed by atoms with E-state index in [2.05, 4.69) is 38.8 Å². The second kappa shape index (κ2) is 48.5.